The zero-order valence-corrected chi connectivity index (χ0v) is 15.2. The number of rotatable bonds is 8. The van der Waals surface area contributed by atoms with Crippen LogP contribution in [0.3, 0.4) is 0 Å². The molecule has 1 aromatic heterocycles. The average Bonchev–Trinajstić information content (AvgIpc) is 2.64. The van der Waals surface area contributed by atoms with Gasteiger partial charge in [-0.25, -0.2) is 9.37 Å². The lowest BCUT2D eigenvalue weighted by atomic mass is 10.1. The predicted molar refractivity (Wildman–Crippen MR) is 101 cm³/mol. The number of hydrogen-bond acceptors (Lipinski definition) is 6. The fourth-order valence-electron chi connectivity index (χ4n) is 2.87. The number of aryl methyl sites for hydroxylation is 1. The lowest BCUT2D eigenvalue weighted by Crippen LogP contribution is -2.39. The number of aromatic nitrogens is 2. The third kappa shape index (κ3) is 5.93. The number of ether oxygens (including phenoxy) is 1. The van der Waals surface area contributed by atoms with Gasteiger partial charge in [0.15, 0.2) is 0 Å². The Morgan fingerprint density at radius 1 is 1.08 bits per heavy atom. The number of hydrogen-bond donors (Lipinski definition) is 2. The van der Waals surface area contributed by atoms with Crippen LogP contribution >= 0.6 is 0 Å². The van der Waals surface area contributed by atoms with Gasteiger partial charge in [0.05, 0.1) is 13.2 Å². The van der Waals surface area contributed by atoms with E-state index in [0.29, 0.717) is 12.5 Å². The van der Waals surface area contributed by atoms with Crippen molar-refractivity contribution in [1.29, 1.82) is 0 Å². The summed E-state index contributed by atoms with van der Waals surface area (Å²) in [5.74, 6) is 1.23. The standard InChI is InChI=1S/C19H26FN5O/c1-15-14-18(21-8-9-25-10-12-26-13-11-25)24-19(23-15)22-7-6-16-2-4-17(20)5-3-16/h2-5,14H,6-13H2,1H3,(H2,21,22,23,24). The van der Waals surface area contributed by atoms with E-state index in [1.54, 1.807) is 12.1 Å². The van der Waals surface area contributed by atoms with Gasteiger partial charge in [0.1, 0.15) is 11.6 Å². The van der Waals surface area contributed by atoms with Crippen LogP contribution in [0.1, 0.15) is 11.3 Å². The van der Waals surface area contributed by atoms with Crippen LogP contribution in [-0.4, -0.2) is 60.8 Å². The number of nitrogens with one attached hydrogen (secondary N) is 2. The molecule has 3 rings (SSSR count). The summed E-state index contributed by atoms with van der Waals surface area (Å²) in [4.78, 5) is 11.3. The summed E-state index contributed by atoms with van der Waals surface area (Å²) >= 11 is 0. The molecule has 26 heavy (non-hydrogen) atoms. The molecule has 1 saturated heterocycles. The minimum atomic E-state index is -0.212. The van der Waals surface area contributed by atoms with Gasteiger partial charge in [-0.05, 0) is 31.0 Å². The van der Waals surface area contributed by atoms with Gasteiger partial charge in [-0.1, -0.05) is 12.1 Å². The van der Waals surface area contributed by atoms with Crippen LogP contribution in [0, 0.1) is 12.7 Å². The van der Waals surface area contributed by atoms with Crippen molar-refractivity contribution in [3.05, 3.63) is 47.4 Å². The van der Waals surface area contributed by atoms with Crippen LogP contribution in [0.4, 0.5) is 16.2 Å². The fourth-order valence-corrected chi connectivity index (χ4v) is 2.87. The molecule has 0 aliphatic carbocycles. The van der Waals surface area contributed by atoms with Gasteiger partial charge in [0.25, 0.3) is 0 Å². The molecule has 1 fully saturated rings. The smallest absolute Gasteiger partial charge is 0.224 e. The Balaban J connectivity index is 1.46. The summed E-state index contributed by atoms with van der Waals surface area (Å²) < 4.78 is 18.3. The second kappa shape index (κ2) is 9.45. The third-order valence-corrected chi connectivity index (χ3v) is 4.30. The molecular weight excluding hydrogens is 333 g/mol. The van der Waals surface area contributed by atoms with Gasteiger partial charge >= 0.3 is 0 Å². The van der Waals surface area contributed by atoms with Gasteiger partial charge in [-0.15, -0.1) is 0 Å². The summed E-state index contributed by atoms with van der Waals surface area (Å²) in [7, 11) is 0. The Morgan fingerprint density at radius 3 is 2.62 bits per heavy atom. The van der Waals surface area contributed by atoms with E-state index in [2.05, 4.69) is 25.5 Å². The molecule has 0 spiro atoms. The van der Waals surface area contributed by atoms with Crippen molar-refractivity contribution in [3.63, 3.8) is 0 Å². The number of nitrogens with zero attached hydrogens (tertiary/aromatic N) is 3. The minimum absolute atomic E-state index is 0.212. The van der Waals surface area contributed by atoms with Crippen LogP contribution < -0.4 is 10.6 Å². The molecule has 1 aliphatic heterocycles. The highest BCUT2D eigenvalue weighted by atomic mass is 19.1. The summed E-state index contributed by atoms with van der Waals surface area (Å²) in [6, 6.07) is 8.51. The molecule has 0 saturated carbocycles. The van der Waals surface area contributed by atoms with Crippen LogP contribution in [0.25, 0.3) is 0 Å². The zero-order chi connectivity index (χ0) is 18.2. The number of morpholine rings is 1. The van der Waals surface area contributed by atoms with Gasteiger partial charge in [-0.2, -0.15) is 4.98 Å². The molecule has 0 radical (unpaired) electrons. The Bertz CT molecular complexity index is 689. The molecule has 2 aromatic rings. The summed E-state index contributed by atoms with van der Waals surface area (Å²) in [6.45, 7) is 8.07. The maximum absolute atomic E-state index is 12.9. The lowest BCUT2D eigenvalue weighted by Gasteiger charge is -2.26. The monoisotopic (exact) mass is 359 g/mol. The molecule has 1 aliphatic rings. The highest BCUT2D eigenvalue weighted by molar-refractivity contribution is 5.42. The second-order valence-corrected chi connectivity index (χ2v) is 6.40. The summed E-state index contributed by atoms with van der Waals surface area (Å²) in [6.07, 6.45) is 0.789. The number of benzene rings is 1. The van der Waals surface area contributed by atoms with E-state index < -0.39 is 0 Å². The Kier molecular flexibility index (Phi) is 6.74. The van der Waals surface area contributed by atoms with E-state index in [0.717, 1.165) is 62.9 Å². The molecule has 0 amide bonds. The van der Waals surface area contributed by atoms with E-state index in [1.165, 1.54) is 12.1 Å². The van der Waals surface area contributed by atoms with Crippen molar-refractivity contribution >= 4 is 11.8 Å². The Labute approximate surface area is 153 Å². The van der Waals surface area contributed by atoms with E-state index in [1.807, 2.05) is 13.0 Å². The zero-order valence-electron chi connectivity index (χ0n) is 15.2. The predicted octanol–water partition coefficient (Wildman–Crippen LogP) is 2.32. The first-order valence-electron chi connectivity index (χ1n) is 9.07. The second-order valence-electron chi connectivity index (χ2n) is 6.40. The van der Waals surface area contributed by atoms with Gasteiger partial charge < -0.3 is 15.4 Å². The quantitative estimate of drug-likeness (QED) is 0.754. The van der Waals surface area contributed by atoms with E-state index in [9.17, 15) is 4.39 Å². The van der Waals surface area contributed by atoms with Crippen molar-refractivity contribution in [2.24, 2.45) is 0 Å². The first kappa shape index (κ1) is 18.5. The maximum atomic E-state index is 12.9. The molecule has 0 unspecified atom stereocenters. The van der Waals surface area contributed by atoms with Crippen LogP contribution in [0.5, 0.6) is 0 Å². The molecule has 0 atom stereocenters. The lowest BCUT2D eigenvalue weighted by molar-refractivity contribution is 0.0398. The number of anilines is 2. The molecule has 2 heterocycles. The average molecular weight is 359 g/mol. The van der Waals surface area contributed by atoms with E-state index >= 15 is 0 Å². The highest BCUT2D eigenvalue weighted by Crippen LogP contribution is 2.10. The first-order valence-corrected chi connectivity index (χ1v) is 9.07. The summed E-state index contributed by atoms with van der Waals surface area (Å²) in [5, 5.41) is 6.62. The molecule has 6 nitrogen and oxygen atoms in total. The maximum Gasteiger partial charge on any atom is 0.224 e. The van der Waals surface area contributed by atoms with Gasteiger partial charge in [-0.3, -0.25) is 4.90 Å². The molecular formula is C19H26FN5O. The van der Waals surface area contributed by atoms with Crippen molar-refractivity contribution in [2.45, 2.75) is 13.3 Å². The SMILES string of the molecule is Cc1cc(NCCN2CCOCC2)nc(NCCc2ccc(F)cc2)n1. The molecule has 140 valence electrons. The van der Waals surface area contributed by atoms with E-state index in [-0.39, 0.29) is 5.82 Å². The van der Waals surface area contributed by atoms with Crippen molar-refractivity contribution < 1.29 is 9.13 Å². The third-order valence-electron chi connectivity index (χ3n) is 4.30. The van der Waals surface area contributed by atoms with E-state index in [4.69, 9.17) is 4.74 Å². The van der Waals surface area contributed by atoms with Crippen molar-refractivity contribution in [1.82, 2.24) is 14.9 Å². The Hall–Kier alpha value is -2.25. The van der Waals surface area contributed by atoms with Crippen LogP contribution in [0.15, 0.2) is 30.3 Å². The normalized spacial score (nSPS) is 15.0. The molecule has 1 aromatic carbocycles. The van der Waals surface area contributed by atoms with Gasteiger partial charge in [0, 0.05) is 44.5 Å². The van der Waals surface area contributed by atoms with Gasteiger partial charge in [0.2, 0.25) is 5.95 Å². The Morgan fingerprint density at radius 2 is 1.85 bits per heavy atom. The highest BCUT2D eigenvalue weighted by Gasteiger charge is 2.09. The molecule has 7 heteroatoms. The number of halogens is 1. The van der Waals surface area contributed by atoms with Crippen LogP contribution in [0.2, 0.25) is 0 Å². The van der Waals surface area contributed by atoms with Crippen molar-refractivity contribution in [3.8, 4) is 0 Å². The fraction of sp³-hybridized carbons (Fsp3) is 0.474. The molecule has 0 bridgehead atoms. The summed E-state index contributed by atoms with van der Waals surface area (Å²) in [5.41, 5.74) is 1.99. The molecule has 2 N–H and O–H groups in total. The largest absolute Gasteiger partial charge is 0.379 e. The van der Waals surface area contributed by atoms with Crippen molar-refractivity contribution in [2.75, 3.05) is 56.6 Å². The topological polar surface area (TPSA) is 62.3 Å². The first-order chi connectivity index (χ1) is 12.7. The van der Waals surface area contributed by atoms with Crippen LogP contribution in [-0.2, 0) is 11.2 Å². The minimum Gasteiger partial charge on any atom is -0.379 e.